The molecule has 0 spiro atoms. The van der Waals surface area contributed by atoms with Gasteiger partial charge in [-0.15, -0.1) is 17.3 Å². The number of thiophene rings is 1. The van der Waals surface area contributed by atoms with Gasteiger partial charge in [-0.25, -0.2) is 0 Å². The van der Waals surface area contributed by atoms with Gasteiger partial charge in [0.15, 0.2) is 0 Å². The molecule has 0 unspecified atom stereocenters. The van der Waals surface area contributed by atoms with Gasteiger partial charge in [0.1, 0.15) is 0 Å². The van der Waals surface area contributed by atoms with Gasteiger partial charge in [-0.3, -0.25) is 0 Å². The lowest BCUT2D eigenvalue weighted by Gasteiger charge is -1.73. The predicted octanol–water partition coefficient (Wildman–Crippen LogP) is 4.96. The summed E-state index contributed by atoms with van der Waals surface area (Å²) in [5, 5.41) is 0. The van der Waals surface area contributed by atoms with Crippen LogP contribution < -0.4 is 0 Å². The molecule has 2 rings (SSSR count). The first-order valence-corrected chi connectivity index (χ1v) is 6.45. The van der Waals surface area contributed by atoms with E-state index >= 15 is 0 Å². The largest absolute Gasteiger partial charge is 0.132 e. The number of hydrogen-bond donors (Lipinski definition) is 0. The Bertz CT molecular complexity index is 373. The first-order chi connectivity index (χ1) is 7.83. The summed E-state index contributed by atoms with van der Waals surface area (Å²) >= 11 is 1.74. The molecule has 0 radical (unpaired) electrons. The van der Waals surface area contributed by atoms with Crippen LogP contribution in [-0.2, 0) is 0 Å². The van der Waals surface area contributed by atoms with Crippen molar-refractivity contribution in [3.8, 4) is 11.8 Å². The van der Waals surface area contributed by atoms with E-state index < -0.39 is 0 Å². The highest BCUT2D eigenvalue weighted by molar-refractivity contribution is 7.12. The lowest BCUT2D eigenvalue weighted by atomic mass is 10.4. The van der Waals surface area contributed by atoms with Crippen molar-refractivity contribution in [1.29, 1.82) is 0 Å². The lowest BCUT2D eigenvalue weighted by Crippen LogP contribution is -1.54. The third kappa shape index (κ3) is 7.09. The third-order valence-corrected chi connectivity index (χ3v) is 2.56. The maximum atomic E-state index is 3.00. The number of aryl methyl sites for hydroxylation is 1. The molecule has 1 aliphatic carbocycles. The molecule has 0 saturated carbocycles. The number of allylic oxidation sites excluding steroid dienone is 4. The van der Waals surface area contributed by atoms with Gasteiger partial charge in [0.05, 0.1) is 4.88 Å². The normalized spacial score (nSPS) is 10.5. The zero-order chi connectivity index (χ0) is 12.2. The molecular weight excluding hydrogens is 212 g/mol. The van der Waals surface area contributed by atoms with Crippen LogP contribution in [0.25, 0.3) is 0 Å². The Morgan fingerprint density at radius 1 is 1.12 bits per heavy atom. The van der Waals surface area contributed by atoms with E-state index in [9.17, 15) is 0 Å². The van der Waals surface area contributed by atoms with Crippen molar-refractivity contribution in [2.75, 3.05) is 0 Å². The molecule has 0 fully saturated rings. The quantitative estimate of drug-likeness (QED) is 0.555. The van der Waals surface area contributed by atoms with E-state index in [1.807, 2.05) is 20.8 Å². The molecule has 16 heavy (non-hydrogen) atoms. The second-order valence-corrected chi connectivity index (χ2v) is 4.17. The van der Waals surface area contributed by atoms with Crippen LogP contribution >= 0.6 is 11.3 Å². The molecule has 1 aromatic rings. The summed E-state index contributed by atoms with van der Waals surface area (Å²) in [6.07, 6.45) is 9.50. The van der Waals surface area contributed by atoms with Crippen LogP contribution in [0.2, 0.25) is 0 Å². The van der Waals surface area contributed by atoms with E-state index in [1.54, 1.807) is 11.3 Å². The van der Waals surface area contributed by atoms with Crippen molar-refractivity contribution in [2.24, 2.45) is 0 Å². The Morgan fingerprint density at radius 3 is 2.06 bits per heavy atom. The van der Waals surface area contributed by atoms with Gasteiger partial charge in [0.25, 0.3) is 0 Å². The highest BCUT2D eigenvalue weighted by atomic mass is 32.1. The molecule has 0 aliphatic heterocycles. The molecule has 0 amide bonds. The molecular formula is C15H20S. The number of rotatable bonds is 0. The summed E-state index contributed by atoms with van der Waals surface area (Å²) in [6.45, 7) is 7.94. The van der Waals surface area contributed by atoms with Crippen molar-refractivity contribution >= 4 is 11.3 Å². The Kier molecular flexibility index (Phi) is 9.46. The number of hydrogen-bond acceptors (Lipinski definition) is 1. The summed E-state index contributed by atoms with van der Waals surface area (Å²) in [7, 11) is 0. The second kappa shape index (κ2) is 10.3. The molecule has 0 N–H and O–H groups in total. The second-order valence-electron chi connectivity index (χ2n) is 2.88. The van der Waals surface area contributed by atoms with Gasteiger partial charge in [0, 0.05) is 4.88 Å². The Morgan fingerprint density at radius 2 is 1.75 bits per heavy atom. The van der Waals surface area contributed by atoms with Crippen LogP contribution in [0.4, 0.5) is 0 Å². The van der Waals surface area contributed by atoms with Gasteiger partial charge >= 0.3 is 0 Å². The van der Waals surface area contributed by atoms with Crippen LogP contribution in [-0.4, -0.2) is 0 Å². The monoisotopic (exact) mass is 232 g/mol. The highest BCUT2D eigenvalue weighted by Gasteiger charge is 1.88. The Balaban J connectivity index is 0.000000272. The average molecular weight is 232 g/mol. The fourth-order valence-electron chi connectivity index (χ4n) is 1.02. The standard InChI is InChI=1S/C8H8S.C5H6.C2H6/c1-3-4-8-6-5-7(2)9-8;1-2-4-5-3-1;1-2/h5-6H,1-2H3;1-4H,5H2;1-2H3. The molecule has 1 heteroatoms. The summed E-state index contributed by atoms with van der Waals surface area (Å²) in [5.74, 6) is 5.85. The van der Waals surface area contributed by atoms with E-state index in [2.05, 4.69) is 55.2 Å². The van der Waals surface area contributed by atoms with Crippen molar-refractivity contribution in [2.45, 2.75) is 34.1 Å². The van der Waals surface area contributed by atoms with Gasteiger partial charge < -0.3 is 0 Å². The zero-order valence-corrected chi connectivity index (χ0v) is 11.4. The first-order valence-electron chi connectivity index (χ1n) is 5.64. The molecule has 86 valence electrons. The van der Waals surface area contributed by atoms with E-state index in [0.29, 0.717) is 0 Å². The fraction of sp³-hybridized carbons (Fsp3) is 0.333. The SMILES string of the molecule is C1=CCC=C1.CC.CC#Cc1ccc(C)s1. The topological polar surface area (TPSA) is 0 Å². The van der Waals surface area contributed by atoms with E-state index in [0.717, 1.165) is 11.3 Å². The van der Waals surface area contributed by atoms with Crippen molar-refractivity contribution < 1.29 is 0 Å². The van der Waals surface area contributed by atoms with Gasteiger partial charge in [0.2, 0.25) is 0 Å². The Labute approximate surface area is 104 Å². The molecule has 1 aliphatic rings. The lowest BCUT2D eigenvalue weighted by molar-refractivity contribution is 1.45. The smallest absolute Gasteiger partial charge is 0.0771 e. The minimum Gasteiger partial charge on any atom is -0.132 e. The maximum absolute atomic E-state index is 3.00. The van der Waals surface area contributed by atoms with Crippen LogP contribution in [0.1, 0.15) is 36.9 Å². The van der Waals surface area contributed by atoms with Crippen molar-refractivity contribution in [3.63, 3.8) is 0 Å². The summed E-state index contributed by atoms with van der Waals surface area (Å²) < 4.78 is 0. The van der Waals surface area contributed by atoms with Crippen LogP contribution in [0, 0.1) is 18.8 Å². The molecule has 0 atom stereocenters. The van der Waals surface area contributed by atoms with Crippen LogP contribution in [0.5, 0.6) is 0 Å². The van der Waals surface area contributed by atoms with E-state index in [4.69, 9.17) is 0 Å². The van der Waals surface area contributed by atoms with Gasteiger partial charge in [-0.1, -0.05) is 44.1 Å². The molecule has 0 bridgehead atoms. The molecule has 0 saturated heterocycles. The van der Waals surface area contributed by atoms with Crippen LogP contribution in [0.3, 0.4) is 0 Å². The first kappa shape index (κ1) is 14.7. The van der Waals surface area contributed by atoms with Crippen molar-refractivity contribution in [3.05, 3.63) is 46.2 Å². The zero-order valence-electron chi connectivity index (χ0n) is 10.6. The summed E-state index contributed by atoms with van der Waals surface area (Å²) in [4.78, 5) is 2.49. The Hall–Kier alpha value is -1.26. The van der Waals surface area contributed by atoms with Gasteiger partial charge in [-0.2, -0.15) is 0 Å². The molecule has 0 aromatic carbocycles. The van der Waals surface area contributed by atoms with E-state index in [-0.39, 0.29) is 0 Å². The average Bonchev–Trinajstić information content (AvgIpc) is 2.96. The van der Waals surface area contributed by atoms with Crippen LogP contribution in [0.15, 0.2) is 36.4 Å². The fourth-order valence-corrected chi connectivity index (χ4v) is 1.79. The third-order valence-electron chi connectivity index (χ3n) is 1.64. The molecule has 1 aromatic heterocycles. The highest BCUT2D eigenvalue weighted by Crippen LogP contribution is 2.12. The van der Waals surface area contributed by atoms with Crippen molar-refractivity contribution in [1.82, 2.24) is 0 Å². The van der Waals surface area contributed by atoms with E-state index in [1.165, 1.54) is 4.88 Å². The minimum absolute atomic E-state index is 1.14. The minimum atomic E-state index is 1.14. The maximum Gasteiger partial charge on any atom is 0.0771 e. The predicted molar refractivity (Wildman–Crippen MR) is 75.9 cm³/mol. The summed E-state index contributed by atoms with van der Waals surface area (Å²) in [5.41, 5.74) is 0. The molecule has 0 nitrogen and oxygen atoms in total. The molecule has 1 heterocycles. The van der Waals surface area contributed by atoms with Gasteiger partial charge in [-0.05, 0) is 32.4 Å². The summed E-state index contributed by atoms with van der Waals surface area (Å²) in [6, 6.07) is 4.14.